The lowest BCUT2D eigenvalue weighted by molar-refractivity contribution is -0.956. The van der Waals surface area contributed by atoms with Gasteiger partial charge in [0.1, 0.15) is 12.1 Å². The molecule has 3 unspecified atom stereocenters. The van der Waals surface area contributed by atoms with E-state index < -0.39 is 29.9 Å². The van der Waals surface area contributed by atoms with Crippen LogP contribution in [0, 0.1) is 0 Å². The summed E-state index contributed by atoms with van der Waals surface area (Å²) in [6, 6.07) is 26.8. The number of piperidine rings is 1. The van der Waals surface area contributed by atoms with Crippen molar-refractivity contribution in [3.63, 3.8) is 0 Å². The average molecular weight is 623 g/mol. The van der Waals surface area contributed by atoms with E-state index in [1.165, 1.54) is 43.3 Å². The van der Waals surface area contributed by atoms with Crippen LogP contribution >= 0.6 is 0 Å². The van der Waals surface area contributed by atoms with Crippen molar-refractivity contribution < 1.29 is 28.3 Å². The van der Waals surface area contributed by atoms with Crippen LogP contribution < -0.4 is 5.73 Å². The lowest BCUT2D eigenvalue weighted by Crippen LogP contribution is -2.60. The molecule has 4 atom stereocenters. The third-order valence-corrected chi connectivity index (χ3v) is 10.7. The molecule has 3 fully saturated rings. The van der Waals surface area contributed by atoms with Crippen molar-refractivity contribution in [2.24, 2.45) is 5.73 Å². The van der Waals surface area contributed by atoms with Crippen LogP contribution in [0.4, 0.5) is 0 Å². The molecule has 8 nitrogen and oxygen atoms in total. The summed E-state index contributed by atoms with van der Waals surface area (Å²) in [7, 11) is 0. The first-order valence-electron chi connectivity index (χ1n) is 16.8. The van der Waals surface area contributed by atoms with Crippen molar-refractivity contribution in [3.8, 4) is 0 Å². The van der Waals surface area contributed by atoms with Crippen LogP contribution in [0.25, 0.3) is 10.9 Å². The lowest BCUT2D eigenvalue weighted by Gasteiger charge is -2.47. The van der Waals surface area contributed by atoms with Crippen molar-refractivity contribution in [2.45, 2.75) is 88.0 Å². The zero-order valence-electron chi connectivity index (χ0n) is 26.5. The maximum absolute atomic E-state index is 14.7. The molecule has 3 N–H and O–H groups in total. The summed E-state index contributed by atoms with van der Waals surface area (Å²) in [6.45, 7) is 4.14. The van der Waals surface area contributed by atoms with Crippen molar-refractivity contribution >= 4 is 22.8 Å². The Hall–Kier alpha value is -3.98. The molecule has 4 heterocycles. The number of fused-ring (bicyclic) bond motifs is 1. The number of esters is 2. The van der Waals surface area contributed by atoms with Crippen LogP contribution in [0.1, 0.15) is 62.1 Å². The highest BCUT2D eigenvalue weighted by Gasteiger charge is 2.57. The highest BCUT2D eigenvalue weighted by atomic mass is 16.7. The van der Waals surface area contributed by atoms with Gasteiger partial charge in [0.25, 0.3) is 0 Å². The number of para-hydroxylation sites is 1. The summed E-state index contributed by atoms with van der Waals surface area (Å²) in [5.41, 5.74) is 7.84. The van der Waals surface area contributed by atoms with Crippen molar-refractivity contribution in [2.75, 3.05) is 13.1 Å². The van der Waals surface area contributed by atoms with Gasteiger partial charge in [-0.15, -0.1) is 0 Å². The maximum atomic E-state index is 14.7. The van der Waals surface area contributed by atoms with Gasteiger partial charge in [0.15, 0.2) is 0 Å². The number of carbonyl (C=O) groups is 2. The number of nitrogens with zero attached hydrogens (tertiary/aromatic N) is 1. The van der Waals surface area contributed by atoms with Gasteiger partial charge in [0.05, 0.1) is 25.2 Å². The van der Waals surface area contributed by atoms with Crippen LogP contribution in [0.15, 0.2) is 91.1 Å². The minimum absolute atomic E-state index is 0.188. The van der Waals surface area contributed by atoms with E-state index in [-0.39, 0.29) is 6.10 Å². The van der Waals surface area contributed by atoms with Gasteiger partial charge in [-0.1, -0.05) is 78.9 Å². The first kappa shape index (κ1) is 30.7. The molecule has 0 amide bonds. The molecule has 3 aromatic carbocycles. The Bertz CT molecular complexity index is 1610. The Balaban J connectivity index is 1.13. The number of carbonyl (C=O) groups excluding carboxylic acids is 2. The Kier molecular flexibility index (Phi) is 8.44. The minimum Gasteiger partial charge on any atom is -0.459 e. The summed E-state index contributed by atoms with van der Waals surface area (Å²) >= 11 is 0. The van der Waals surface area contributed by atoms with Crippen LogP contribution in [0.5, 0.6) is 0 Å². The van der Waals surface area contributed by atoms with Gasteiger partial charge in [0, 0.05) is 62.0 Å². The summed E-state index contributed by atoms with van der Waals surface area (Å²) in [5, 5.41) is 1.01. The summed E-state index contributed by atoms with van der Waals surface area (Å²) in [4.78, 5) is 31.2. The highest BCUT2D eigenvalue weighted by Crippen LogP contribution is 2.47. The fourth-order valence-corrected chi connectivity index (χ4v) is 8.62. The summed E-state index contributed by atoms with van der Waals surface area (Å²) < 4.78 is 20.1. The molecule has 46 heavy (non-hydrogen) atoms. The van der Waals surface area contributed by atoms with Gasteiger partial charge >= 0.3 is 11.9 Å². The van der Waals surface area contributed by atoms with Crippen LogP contribution in [-0.4, -0.2) is 65.0 Å². The van der Waals surface area contributed by atoms with Crippen LogP contribution in [0.2, 0.25) is 0 Å². The van der Waals surface area contributed by atoms with Crippen molar-refractivity contribution in [1.82, 2.24) is 4.98 Å². The monoisotopic (exact) mass is 622 g/mol. The molecule has 7 rings (SSSR count). The Morgan fingerprint density at radius 1 is 0.891 bits per heavy atom. The number of ether oxygens (including phenoxy) is 3. The number of benzene rings is 3. The molecule has 240 valence electrons. The number of quaternary nitrogens is 1. The number of nitrogens with two attached hydrogens (primary N) is 1. The van der Waals surface area contributed by atoms with E-state index in [4.69, 9.17) is 19.9 Å². The van der Waals surface area contributed by atoms with E-state index in [0.717, 1.165) is 29.3 Å². The van der Waals surface area contributed by atoms with Gasteiger partial charge in [-0.05, 0) is 29.7 Å². The molecule has 1 aromatic heterocycles. The Labute approximate surface area is 270 Å². The number of rotatable bonds is 10. The number of H-pyrrole nitrogens is 1. The molecule has 4 aromatic rings. The van der Waals surface area contributed by atoms with Gasteiger partial charge in [-0.25, -0.2) is 4.79 Å². The second-order valence-electron chi connectivity index (χ2n) is 13.3. The predicted molar refractivity (Wildman–Crippen MR) is 175 cm³/mol. The van der Waals surface area contributed by atoms with E-state index in [1.54, 1.807) is 6.92 Å². The number of nitrogens with one attached hydrogen (secondary N) is 1. The normalized spacial score (nSPS) is 23.3. The number of aromatic amines is 1. The fraction of sp³-hybridized carbons (Fsp3) is 0.421. The molecule has 0 saturated carbocycles. The topological polar surface area (TPSA) is 104 Å². The third kappa shape index (κ3) is 5.52. The van der Waals surface area contributed by atoms with E-state index in [9.17, 15) is 9.59 Å². The summed E-state index contributed by atoms with van der Waals surface area (Å²) in [6.07, 6.45) is 7.59. The first-order chi connectivity index (χ1) is 22.4. The second-order valence-corrected chi connectivity index (χ2v) is 13.3. The standard InChI is InChI=1S/C38H44N3O5/c1-26(44-36(42)34(39)22-27-25-40-35-17-9-8-16-33(27)35)46-38(28-12-4-2-5-13-28,29-14-6-3-7-15-29)37(43)45-32-23-30-18-19-31(24-32)41(30)20-10-11-21-41/h2-9,12-17,25-26,30-32,34,40H,10-11,18-24,39H2,1H3/q+1/t26?,30?,31?,32?,34-/m0/s1. The van der Waals surface area contributed by atoms with Crippen LogP contribution in [0.3, 0.4) is 0 Å². The maximum Gasteiger partial charge on any atom is 0.348 e. The smallest absolute Gasteiger partial charge is 0.348 e. The zero-order chi connectivity index (χ0) is 31.7. The Morgan fingerprint density at radius 2 is 1.48 bits per heavy atom. The zero-order valence-corrected chi connectivity index (χ0v) is 26.5. The molecular formula is C38H44N3O5+. The van der Waals surface area contributed by atoms with E-state index in [1.807, 2.05) is 91.1 Å². The number of hydrogen-bond acceptors (Lipinski definition) is 6. The number of hydrogen-bond donors (Lipinski definition) is 2. The fourth-order valence-electron chi connectivity index (χ4n) is 8.62. The molecule has 2 bridgehead atoms. The second kappa shape index (κ2) is 12.7. The van der Waals surface area contributed by atoms with Gasteiger partial charge < -0.3 is 29.4 Å². The minimum atomic E-state index is -1.65. The van der Waals surface area contributed by atoms with Crippen molar-refractivity contribution in [3.05, 3.63) is 108 Å². The Morgan fingerprint density at radius 3 is 2.11 bits per heavy atom. The molecule has 8 heteroatoms. The SMILES string of the molecule is CC(OC(=O)[C@@H](N)Cc1c[nH]c2ccccc12)OC(C(=O)OC1CC2CCC(C1)[N+]21CCCC1)(c1ccccc1)c1ccccc1. The largest absolute Gasteiger partial charge is 0.459 e. The molecular weight excluding hydrogens is 578 g/mol. The molecule has 0 aliphatic carbocycles. The summed E-state index contributed by atoms with van der Waals surface area (Å²) in [5.74, 6) is -1.10. The molecule has 3 saturated heterocycles. The quantitative estimate of drug-likeness (QED) is 0.133. The first-order valence-corrected chi connectivity index (χ1v) is 16.8. The van der Waals surface area contributed by atoms with Crippen LogP contribution in [-0.2, 0) is 35.8 Å². The van der Waals surface area contributed by atoms with E-state index in [0.29, 0.717) is 29.6 Å². The lowest BCUT2D eigenvalue weighted by atomic mass is 9.85. The highest BCUT2D eigenvalue weighted by molar-refractivity contribution is 5.86. The van der Waals surface area contributed by atoms with Gasteiger partial charge in [0.2, 0.25) is 11.9 Å². The molecule has 0 radical (unpaired) electrons. The van der Waals surface area contributed by atoms with Gasteiger partial charge in [-0.3, -0.25) is 4.79 Å². The number of aromatic nitrogens is 1. The van der Waals surface area contributed by atoms with Gasteiger partial charge in [-0.2, -0.15) is 0 Å². The average Bonchev–Trinajstić information content (AvgIpc) is 3.77. The molecule has 1 spiro atoms. The van der Waals surface area contributed by atoms with E-state index >= 15 is 0 Å². The molecule has 3 aliphatic rings. The predicted octanol–water partition coefficient (Wildman–Crippen LogP) is 5.73. The van der Waals surface area contributed by atoms with Crippen molar-refractivity contribution in [1.29, 1.82) is 0 Å². The molecule has 3 aliphatic heterocycles. The third-order valence-electron chi connectivity index (χ3n) is 10.7. The van der Waals surface area contributed by atoms with E-state index in [2.05, 4.69) is 4.98 Å².